The van der Waals surface area contributed by atoms with Gasteiger partial charge in [0.25, 0.3) is 0 Å². The Bertz CT molecular complexity index is 732. The first-order valence-corrected chi connectivity index (χ1v) is 8.70. The fourth-order valence-electron chi connectivity index (χ4n) is 1.97. The van der Waals surface area contributed by atoms with Crippen LogP contribution in [0.4, 0.5) is 0 Å². The number of hydrogen-bond acceptors (Lipinski definition) is 4. The maximum atomic E-state index is 12.3. The van der Waals surface area contributed by atoms with Crippen molar-refractivity contribution in [2.45, 2.75) is 31.3 Å². The number of sulfonamides is 1. The Morgan fingerprint density at radius 1 is 1.52 bits per heavy atom. The van der Waals surface area contributed by atoms with Gasteiger partial charge in [-0.2, -0.15) is 0 Å². The van der Waals surface area contributed by atoms with Crippen LogP contribution >= 0.6 is 11.3 Å². The Balaban J connectivity index is 2.29. The minimum atomic E-state index is -3.76. The Hall–Kier alpha value is -1.64. The smallest absolute Gasteiger partial charge is 0.352 e. The van der Waals surface area contributed by atoms with Gasteiger partial charge < -0.3 is 9.67 Å². The van der Waals surface area contributed by atoms with Gasteiger partial charge in [0.2, 0.25) is 10.0 Å². The van der Waals surface area contributed by atoms with Crippen LogP contribution in [-0.4, -0.2) is 24.1 Å². The second-order valence-corrected chi connectivity index (χ2v) is 7.20. The van der Waals surface area contributed by atoms with Crippen molar-refractivity contribution in [1.82, 2.24) is 9.29 Å². The molecule has 2 heterocycles. The molecule has 0 aliphatic carbocycles. The summed E-state index contributed by atoms with van der Waals surface area (Å²) in [4.78, 5) is 12.0. The normalized spacial score (nSPS) is 13.2. The fraction of sp³-hybridized carbons (Fsp3) is 0.308. The van der Waals surface area contributed by atoms with Crippen molar-refractivity contribution in [3.63, 3.8) is 0 Å². The van der Waals surface area contributed by atoms with E-state index in [4.69, 9.17) is 5.11 Å². The van der Waals surface area contributed by atoms with Gasteiger partial charge in [-0.1, -0.05) is 6.07 Å². The topological polar surface area (TPSA) is 88.4 Å². The zero-order valence-corrected chi connectivity index (χ0v) is 13.2. The van der Waals surface area contributed by atoms with E-state index in [1.54, 1.807) is 13.8 Å². The van der Waals surface area contributed by atoms with Crippen LogP contribution in [0.3, 0.4) is 0 Å². The summed E-state index contributed by atoms with van der Waals surface area (Å²) in [6.45, 7) is 3.89. The number of nitrogens with one attached hydrogen (secondary N) is 1. The molecule has 2 N–H and O–H groups in total. The zero-order chi connectivity index (χ0) is 15.6. The lowest BCUT2D eigenvalue weighted by molar-refractivity contribution is 0.0685. The lowest BCUT2D eigenvalue weighted by atomic mass is 10.3. The Kier molecular flexibility index (Phi) is 4.50. The molecule has 0 aliphatic rings. The number of hydrogen-bond donors (Lipinski definition) is 2. The molecular formula is C13H16N2O4S2. The molecule has 1 unspecified atom stereocenters. The van der Waals surface area contributed by atoms with Gasteiger partial charge in [-0.15, -0.1) is 11.3 Å². The molecule has 0 bridgehead atoms. The van der Waals surface area contributed by atoms with Crippen molar-refractivity contribution >= 4 is 27.3 Å². The highest BCUT2D eigenvalue weighted by Gasteiger charge is 2.23. The van der Waals surface area contributed by atoms with Crippen LogP contribution in [0.25, 0.3) is 0 Å². The number of rotatable bonds is 6. The number of aromatic nitrogens is 1. The van der Waals surface area contributed by atoms with Crippen LogP contribution in [-0.2, 0) is 16.6 Å². The number of carbonyl (C=O) groups is 1. The van der Waals surface area contributed by atoms with Crippen molar-refractivity contribution in [2.24, 2.45) is 0 Å². The van der Waals surface area contributed by atoms with Crippen LogP contribution in [0, 0.1) is 0 Å². The quantitative estimate of drug-likeness (QED) is 0.851. The summed E-state index contributed by atoms with van der Waals surface area (Å²) in [7, 11) is -3.76. The maximum Gasteiger partial charge on any atom is 0.352 e. The molecule has 114 valence electrons. The number of aromatic carboxylic acids is 1. The molecule has 0 radical (unpaired) electrons. The van der Waals surface area contributed by atoms with E-state index in [0.29, 0.717) is 6.54 Å². The molecule has 2 aromatic rings. The van der Waals surface area contributed by atoms with Crippen LogP contribution < -0.4 is 4.72 Å². The van der Waals surface area contributed by atoms with E-state index in [0.717, 1.165) is 4.88 Å². The molecule has 0 saturated carbocycles. The third kappa shape index (κ3) is 3.34. The minimum absolute atomic E-state index is 0.0369. The second-order valence-electron chi connectivity index (χ2n) is 4.51. The first kappa shape index (κ1) is 15.7. The lowest BCUT2D eigenvalue weighted by Gasteiger charge is -2.11. The van der Waals surface area contributed by atoms with Crippen molar-refractivity contribution in [2.75, 3.05) is 0 Å². The summed E-state index contributed by atoms with van der Waals surface area (Å²) in [5.41, 5.74) is -0.0401. The second kappa shape index (κ2) is 6.00. The van der Waals surface area contributed by atoms with E-state index in [1.807, 2.05) is 17.5 Å². The number of nitrogens with zero attached hydrogens (tertiary/aromatic N) is 1. The fourth-order valence-corrected chi connectivity index (χ4v) is 4.04. The van der Waals surface area contributed by atoms with Crippen molar-refractivity contribution in [3.8, 4) is 0 Å². The van der Waals surface area contributed by atoms with Gasteiger partial charge in [-0.25, -0.2) is 17.9 Å². The van der Waals surface area contributed by atoms with Crippen molar-refractivity contribution in [1.29, 1.82) is 0 Å². The number of carboxylic acid groups (broad SMARTS) is 1. The molecule has 2 rings (SSSR count). The highest BCUT2D eigenvalue weighted by Crippen LogP contribution is 2.22. The average Bonchev–Trinajstić information content (AvgIpc) is 3.07. The number of aryl methyl sites for hydroxylation is 1. The summed E-state index contributed by atoms with van der Waals surface area (Å²) in [6, 6.07) is 4.50. The molecule has 0 aromatic carbocycles. The van der Waals surface area contributed by atoms with E-state index < -0.39 is 16.0 Å². The van der Waals surface area contributed by atoms with Gasteiger partial charge in [0, 0.05) is 17.6 Å². The first-order chi connectivity index (χ1) is 9.85. The molecule has 0 fully saturated rings. The molecule has 8 heteroatoms. The Morgan fingerprint density at radius 3 is 2.71 bits per heavy atom. The highest BCUT2D eigenvalue weighted by molar-refractivity contribution is 7.89. The lowest BCUT2D eigenvalue weighted by Crippen LogP contribution is -2.26. The third-order valence-electron chi connectivity index (χ3n) is 3.04. The van der Waals surface area contributed by atoms with E-state index in [2.05, 4.69) is 4.72 Å². The SMILES string of the molecule is CCn1cc(S(=O)(=O)NC(C)c2cccs2)cc1C(=O)O. The molecule has 2 aromatic heterocycles. The zero-order valence-electron chi connectivity index (χ0n) is 11.6. The van der Waals surface area contributed by atoms with E-state index in [-0.39, 0.29) is 16.6 Å². The van der Waals surface area contributed by atoms with E-state index in [1.165, 1.54) is 28.2 Å². The molecule has 0 spiro atoms. The van der Waals surface area contributed by atoms with Gasteiger partial charge in [-0.3, -0.25) is 0 Å². The van der Waals surface area contributed by atoms with Gasteiger partial charge in [0.1, 0.15) is 10.6 Å². The molecule has 6 nitrogen and oxygen atoms in total. The van der Waals surface area contributed by atoms with Crippen LogP contribution in [0.1, 0.15) is 35.3 Å². The number of thiophene rings is 1. The van der Waals surface area contributed by atoms with Crippen molar-refractivity contribution in [3.05, 3.63) is 40.3 Å². The average molecular weight is 328 g/mol. The van der Waals surface area contributed by atoms with Gasteiger partial charge >= 0.3 is 5.97 Å². The molecule has 0 amide bonds. The minimum Gasteiger partial charge on any atom is -0.477 e. The van der Waals surface area contributed by atoms with Crippen LogP contribution in [0.15, 0.2) is 34.7 Å². The molecular weight excluding hydrogens is 312 g/mol. The summed E-state index contributed by atoms with van der Waals surface area (Å²) in [6.07, 6.45) is 1.34. The predicted octanol–water partition coefficient (Wildman–Crippen LogP) is 2.31. The molecule has 0 aliphatic heterocycles. The Morgan fingerprint density at radius 2 is 2.24 bits per heavy atom. The monoisotopic (exact) mass is 328 g/mol. The van der Waals surface area contributed by atoms with Crippen molar-refractivity contribution < 1.29 is 18.3 Å². The largest absolute Gasteiger partial charge is 0.477 e. The first-order valence-electron chi connectivity index (χ1n) is 6.34. The standard InChI is InChI=1S/C13H16N2O4S2/c1-3-15-8-10(7-11(15)13(16)17)21(18,19)14-9(2)12-5-4-6-20-12/h4-9,14H,3H2,1-2H3,(H,16,17). The summed E-state index contributed by atoms with van der Waals surface area (Å²) < 4.78 is 28.6. The Labute approximate surface area is 127 Å². The van der Waals surface area contributed by atoms with Gasteiger partial charge in [0.05, 0.1) is 6.04 Å². The summed E-state index contributed by atoms with van der Waals surface area (Å²) >= 11 is 1.46. The van der Waals surface area contributed by atoms with Gasteiger partial charge in [0.15, 0.2) is 0 Å². The maximum absolute atomic E-state index is 12.3. The van der Waals surface area contributed by atoms with Crippen LogP contribution in [0.2, 0.25) is 0 Å². The summed E-state index contributed by atoms with van der Waals surface area (Å²) in [5, 5.41) is 10.9. The van der Waals surface area contributed by atoms with Crippen LogP contribution in [0.5, 0.6) is 0 Å². The van der Waals surface area contributed by atoms with Gasteiger partial charge in [-0.05, 0) is 31.4 Å². The third-order valence-corrected chi connectivity index (χ3v) is 5.61. The van der Waals surface area contributed by atoms with E-state index in [9.17, 15) is 13.2 Å². The molecule has 1 atom stereocenters. The van der Waals surface area contributed by atoms with E-state index >= 15 is 0 Å². The molecule has 0 saturated heterocycles. The molecule has 21 heavy (non-hydrogen) atoms. The number of carboxylic acids is 1. The predicted molar refractivity (Wildman–Crippen MR) is 80.1 cm³/mol. The summed E-state index contributed by atoms with van der Waals surface area (Å²) in [5.74, 6) is -1.15. The highest BCUT2D eigenvalue weighted by atomic mass is 32.2.